The van der Waals surface area contributed by atoms with Gasteiger partial charge in [0.05, 0.1) is 23.8 Å². The van der Waals surface area contributed by atoms with Crippen molar-refractivity contribution < 1.29 is 9.59 Å². The van der Waals surface area contributed by atoms with Crippen LogP contribution in [0, 0.1) is 6.92 Å². The van der Waals surface area contributed by atoms with Crippen LogP contribution in [0.3, 0.4) is 0 Å². The fourth-order valence-electron chi connectivity index (χ4n) is 4.61. The summed E-state index contributed by atoms with van der Waals surface area (Å²) in [6.45, 7) is 3.15. The Balaban J connectivity index is 1.39. The van der Waals surface area contributed by atoms with E-state index < -0.39 is 0 Å². The Kier molecular flexibility index (Phi) is 5.45. The quantitative estimate of drug-likeness (QED) is 0.662. The molecular formula is C24H24N6O3. The monoisotopic (exact) mass is 444 g/mol. The van der Waals surface area contributed by atoms with Crippen molar-refractivity contribution in [3.8, 4) is 0 Å². The van der Waals surface area contributed by atoms with Crippen LogP contribution < -0.4 is 5.56 Å². The number of H-pyrrole nitrogens is 1. The fraction of sp³-hybridized carbons (Fsp3) is 0.333. The summed E-state index contributed by atoms with van der Waals surface area (Å²) in [6.07, 6.45) is 8.52. The van der Waals surface area contributed by atoms with Crippen LogP contribution in [0.1, 0.15) is 62.2 Å². The number of likely N-dealkylation sites (tertiary alicyclic amines) is 1. The number of nitrogens with one attached hydrogen (secondary N) is 1. The molecule has 33 heavy (non-hydrogen) atoms. The average molecular weight is 444 g/mol. The van der Waals surface area contributed by atoms with Crippen molar-refractivity contribution >= 4 is 11.8 Å². The highest BCUT2D eigenvalue weighted by Crippen LogP contribution is 2.31. The molecule has 5 heterocycles. The molecule has 1 fully saturated rings. The van der Waals surface area contributed by atoms with Crippen LogP contribution in [0.15, 0.2) is 47.8 Å². The molecular weight excluding hydrogens is 420 g/mol. The Hall–Kier alpha value is -3.88. The molecule has 1 N–H and O–H groups in total. The normalized spacial score (nSPS) is 17.7. The second-order valence-corrected chi connectivity index (χ2v) is 8.44. The standard InChI is InChI=1S/C24H24N6O3/c1-15-13-26-10-6-17(15)24(33)29-12-7-19-18(14-29)22(31)28-21(27-19)20-3-2-11-30(20)23(32)16-4-8-25-9-5-16/h4-6,8-10,13,20H,2-3,7,11-12,14H2,1H3,(H,27,28,31). The molecule has 2 amide bonds. The Bertz CT molecular complexity index is 1270. The number of hydrogen-bond donors (Lipinski definition) is 1. The lowest BCUT2D eigenvalue weighted by Gasteiger charge is -2.29. The third kappa shape index (κ3) is 3.90. The Morgan fingerprint density at radius 2 is 1.85 bits per heavy atom. The summed E-state index contributed by atoms with van der Waals surface area (Å²) < 4.78 is 0. The Labute approximate surface area is 190 Å². The van der Waals surface area contributed by atoms with Crippen molar-refractivity contribution in [1.82, 2.24) is 29.7 Å². The van der Waals surface area contributed by atoms with E-state index in [0.717, 1.165) is 18.4 Å². The molecule has 2 aliphatic rings. The summed E-state index contributed by atoms with van der Waals surface area (Å²) in [7, 11) is 0. The van der Waals surface area contributed by atoms with Crippen LogP contribution in [0.4, 0.5) is 0 Å². The van der Waals surface area contributed by atoms with E-state index in [2.05, 4.69) is 15.0 Å². The molecule has 3 aromatic heterocycles. The van der Waals surface area contributed by atoms with Crippen LogP contribution in [0.25, 0.3) is 0 Å². The summed E-state index contributed by atoms with van der Waals surface area (Å²) >= 11 is 0. The van der Waals surface area contributed by atoms with Gasteiger partial charge in [0.1, 0.15) is 5.82 Å². The van der Waals surface area contributed by atoms with Gasteiger partial charge in [-0.25, -0.2) is 4.98 Å². The molecule has 0 aromatic carbocycles. The van der Waals surface area contributed by atoms with Gasteiger partial charge in [0, 0.05) is 55.4 Å². The topological polar surface area (TPSA) is 112 Å². The van der Waals surface area contributed by atoms with Crippen LogP contribution in [0.5, 0.6) is 0 Å². The zero-order valence-corrected chi connectivity index (χ0v) is 18.3. The molecule has 1 unspecified atom stereocenters. The molecule has 168 valence electrons. The molecule has 9 heteroatoms. The molecule has 0 aliphatic carbocycles. The van der Waals surface area contributed by atoms with E-state index >= 15 is 0 Å². The maximum Gasteiger partial charge on any atom is 0.256 e. The van der Waals surface area contributed by atoms with Gasteiger partial charge in [0.2, 0.25) is 0 Å². The summed E-state index contributed by atoms with van der Waals surface area (Å²) in [5.74, 6) is 0.308. The number of amides is 2. The predicted molar refractivity (Wildman–Crippen MR) is 120 cm³/mol. The highest BCUT2D eigenvalue weighted by atomic mass is 16.2. The number of carbonyl (C=O) groups is 2. The lowest BCUT2D eigenvalue weighted by molar-refractivity contribution is 0.0716. The van der Waals surface area contributed by atoms with Gasteiger partial charge in [0.15, 0.2) is 0 Å². The Morgan fingerprint density at radius 1 is 1.06 bits per heavy atom. The van der Waals surface area contributed by atoms with Crippen molar-refractivity contribution in [3.05, 3.63) is 87.1 Å². The van der Waals surface area contributed by atoms with Crippen molar-refractivity contribution in [2.24, 2.45) is 0 Å². The summed E-state index contributed by atoms with van der Waals surface area (Å²) in [5, 5.41) is 0. The second kappa shape index (κ2) is 8.57. The number of nitrogens with zero attached hydrogens (tertiary/aromatic N) is 5. The minimum Gasteiger partial charge on any atom is -0.334 e. The van der Waals surface area contributed by atoms with E-state index in [0.29, 0.717) is 47.7 Å². The van der Waals surface area contributed by atoms with E-state index in [9.17, 15) is 14.4 Å². The molecule has 5 rings (SSSR count). The van der Waals surface area contributed by atoms with Gasteiger partial charge in [-0.1, -0.05) is 0 Å². The first-order valence-electron chi connectivity index (χ1n) is 11.1. The van der Waals surface area contributed by atoms with Gasteiger partial charge in [-0.3, -0.25) is 24.4 Å². The smallest absolute Gasteiger partial charge is 0.256 e. The number of pyridine rings is 2. The lowest BCUT2D eigenvalue weighted by Crippen LogP contribution is -2.41. The van der Waals surface area contributed by atoms with E-state index in [1.807, 2.05) is 6.92 Å². The number of aryl methyl sites for hydroxylation is 1. The van der Waals surface area contributed by atoms with E-state index in [1.54, 1.807) is 52.8 Å². The van der Waals surface area contributed by atoms with E-state index in [1.165, 1.54) is 0 Å². The van der Waals surface area contributed by atoms with Gasteiger partial charge < -0.3 is 14.8 Å². The van der Waals surface area contributed by atoms with Gasteiger partial charge in [-0.05, 0) is 43.5 Å². The average Bonchev–Trinajstić information content (AvgIpc) is 3.34. The summed E-state index contributed by atoms with van der Waals surface area (Å²) in [5.41, 5.74) is 2.92. The second-order valence-electron chi connectivity index (χ2n) is 8.44. The van der Waals surface area contributed by atoms with Crippen molar-refractivity contribution in [1.29, 1.82) is 0 Å². The maximum atomic E-state index is 13.0. The molecule has 1 saturated heterocycles. The summed E-state index contributed by atoms with van der Waals surface area (Å²) in [4.78, 5) is 58.1. The maximum absolute atomic E-state index is 13.0. The molecule has 0 radical (unpaired) electrons. The summed E-state index contributed by atoms with van der Waals surface area (Å²) in [6, 6.07) is 4.81. The third-order valence-corrected chi connectivity index (χ3v) is 6.38. The highest BCUT2D eigenvalue weighted by molar-refractivity contribution is 5.95. The molecule has 0 spiro atoms. The fourth-order valence-corrected chi connectivity index (χ4v) is 4.61. The number of rotatable bonds is 3. The van der Waals surface area contributed by atoms with Crippen LogP contribution in [-0.4, -0.2) is 54.6 Å². The zero-order chi connectivity index (χ0) is 22.9. The van der Waals surface area contributed by atoms with Gasteiger partial charge >= 0.3 is 0 Å². The molecule has 1 atom stereocenters. The SMILES string of the molecule is Cc1cnccc1C(=O)N1CCc2nc(C3CCCN3C(=O)c3ccncc3)[nH]c(=O)c2C1. The highest BCUT2D eigenvalue weighted by Gasteiger charge is 2.34. The first-order valence-corrected chi connectivity index (χ1v) is 11.1. The lowest BCUT2D eigenvalue weighted by atomic mass is 10.0. The van der Waals surface area contributed by atoms with Crippen LogP contribution in [0.2, 0.25) is 0 Å². The molecule has 2 aliphatic heterocycles. The first kappa shape index (κ1) is 21.0. The van der Waals surface area contributed by atoms with Crippen molar-refractivity contribution in [3.63, 3.8) is 0 Å². The van der Waals surface area contributed by atoms with E-state index in [-0.39, 0.29) is 30.0 Å². The van der Waals surface area contributed by atoms with Crippen LogP contribution >= 0.6 is 0 Å². The minimum absolute atomic E-state index is 0.0928. The van der Waals surface area contributed by atoms with Crippen molar-refractivity contribution in [2.75, 3.05) is 13.1 Å². The zero-order valence-electron chi connectivity index (χ0n) is 18.3. The van der Waals surface area contributed by atoms with Gasteiger partial charge in [0.25, 0.3) is 17.4 Å². The molecule has 9 nitrogen and oxygen atoms in total. The van der Waals surface area contributed by atoms with Gasteiger partial charge in [-0.15, -0.1) is 0 Å². The largest absolute Gasteiger partial charge is 0.334 e. The minimum atomic E-state index is -0.275. The number of fused-ring (bicyclic) bond motifs is 1. The number of aromatic nitrogens is 4. The van der Waals surface area contributed by atoms with E-state index in [4.69, 9.17) is 4.98 Å². The number of hydrogen-bond acceptors (Lipinski definition) is 6. The number of aromatic amines is 1. The van der Waals surface area contributed by atoms with Crippen LogP contribution in [-0.2, 0) is 13.0 Å². The predicted octanol–water partition coefficient (Wildman–Crippen LogP) is 2.04. The molecule has 0 saturated carbocycles. The molecule has 0 bridgehead atoms. The van der Waals surface area contributed by atoms with Crippen molar-refractivity contribution in [2.45, 2.75) is 38.8 Å². The Morgan fingerprint density at radius 3 is 2.64 bits per heavy atom. The van der Waals surface area contributed by atoms with Gasteiger partial charge in [-0.2, -0.15) is 0 Å². The number of carbonyl (C=O) groups excluding carboxylic acids is 2. The molecule has 3 aromatic rings. The first-order chi connectivity index (χ1) is 16.0. The third-order valence-electron chi connectivity index (χ3n) is 6.38.